The predicted molar refractivity (Wildman–Crippen MR) is 65.2 cm³/mol. The molecule has 0 heterocycles. The SMILES string of the molecule is C=CCC(CC=C)(CC=C)C(=S)[Se-]. The minimum atomic E-state index is -0.0272. The molecule has 0 aromatic rings. The van der Waals surface area contributed by atoms with Crippen molar-refractivity contribution in [2.75, 3.05) is 0 Å². The van der Waals surface area contributed by atoms with Gasteiger partial charge in [0.1, 0.15) is 0 Å². The third-order valence-corrected chi connectivity index (χ3v) is 3.38. The minimum absolute atomic E-state index is 0.0272. The summed E-state index contributed by atoms with van der Waals surface area (Å²) in [4.78, 5) is 0. The van der Waals surface area contributed by atoms with Crippen molar-refractivity contribution >= 4 is 32.0 Å². The predicted octanol–water partition coefficient (Wildman–Crippen LogP) is 3.20. The summed E-state index contributed by atoms with van der Waals surface area (Å²) in [6, 6.07) is 0. The molecule has 0 atom stereocenters. The van der Waals surface area contributed by atoms with Gasteiger partial charge in [0.05, 0.1) is 0 Å². The van der Waals surface area contributed by atoms with Gasteiger partial charge in [-0.25, -0.2) is 0 Å². The van der Waals surface area contributed by atoms with Crippen molar-refractivity contribution in [3.05, 3.63) is 38.0 Å². The van der Waals surface area contributed by atoms with Crippen LogP contribution in [0.5, 0.6) is 0 Å². The van der Waals surface area contributed by atoms with Crippen LogP contribution in [0, 0.1) is 5.41 Å². The van der Waals surface area contributed by atoms with Crippen LogP contribution in [0.2, 0.25) is 0 Å². The molecule has 2 heteroatoms. The van der Waals surface area contributed by atoms with Gasteiger partial charge in [-0.1, -0.05) is 0 Å². The molecule has 0 spiro atoms. The second-order valence-corrected chi connectivity index (χ2v) is 4.89. The second-order valence-electron chi connectivity index (χ2n) is 3.05. The third-order valence-electron chi connectivity index (χ3n) is 2.04. The Bertz CT molecular complexity index is 192. The number of allylic oxidation sites excluding steroid dienone is 3. The van der Waals surface area contributed by atoms with Crippen molar-refractivity contribution < 1.29 is 0 Å². The van der Waals surface area contributed by atoms with Crippen LogP contribution in [0.25, 0.3) is 0 Å². The van der Waals surface area contributed by atoms with Gasteiger partial charge in [-0.05, 0) is 0 Å². The van der Waals surface area contributed by atoms with Gasteiger partial charge in [0.2, 0.25) is 0 Å². The van der Waals surface area contributed by atoms with Crippen LogP contribution >= 0.6 is 12.2 Å². The maximum atomic E-state index is 5.23. The quantitative estimate of drug-likeness (QED) is 0.384. The van der Waals surface area contributed by atoms with E-state index in [9.17, 15) is 0 Å². The summed E-state index contributed by atoms with van der Waals surface area (Å²) in [7, 11) is 0. The van der Waals surface area contributed by atoms with Crippen LogP contribution in [-0.4, -0.2) is 19.8 Å². The van der Waals surface area contributed by atoms with Crippen LogP contribution in [0.15, 0.2) is 38.0 Å². The van der Waals surface area contributed by atoms with Crippen LogP contribution < -0.4 is 0 Å². The van der Waals surface area contributed by atoms with Crippen molar-refractivity contribution in [1.82, 2.24) is 0 Å². The summed E-state index contributed by atoms with van der Waals surface area (Å²) >= 11 is 8.15. The standard InChI is InChI=1S/C11H16SSe/c1-4-7-11(8-5-2,9-6-3)10(12)13/h4-6H,1-3,7-9H2,(H,12,13)/p-1. The molecule has 0 radical (unpaired) electrons. The Morgan fingerprint density at radius 2 is 1.38 bits per heavy atom. The molecule has 0 N–H and O–H groups in total. The Hall–Kier alpha value is -0.171. The number of hydrogen-bond donors (Lipinski definition) is 0. The van der Waals surface area contributed by atoms with Gasteiger partial charge in [0.25, 0.3) is 0 Å². The van der Waals surface area contributed by atoms with E-state index in [0.29, 0.717) is 0 Å². The molecule has 0 aromatic heterocycles. The first-order valence-electron chi connectivity index (χ1n) is 4.17. The average Bonchev–Trinajstić information content (AvgIpc) is 2.05. The zero-order valence-electron chi connectivity index (χ0n) is 7.79. The van der Waals surface area contributed by atoms with Crippen molar-refractivity contribution in [1.29, 1.82) is 0 Å². The fourth-order valence-electron chi connectivity index (χ4n) is 1.33. The van der Waals surface area contributed by atoms with E-state index in [4.69, 9.17) is 12.2 Å². The molecule has 0 nitrogen and oxygen atoms in total. The summed E-state index contributed by atoms with van der Waals surface area (Å²) in [5.41, 5.74) is -0.0272. The average molecular weight is 258 g/mol. The second kappa shape index (κ2) is 6.31. The van der Waals surface area contributed by atoms with Gasteiger partial charge in [-0.15, -0.1) is 0 Å². The zero-order valence-corrected chi connectivity index (χ0v) is 10.3. The van der Waals surface area contributed by atoms with Crippen molar-refractivity contribution in [2.45, 2.75) is 19.3 Å². The summed E-state index contributed by atoms with van der Waals surface area (Å²) in [6.07, 6.45) is 8.31. The van der Waals surface area contributed by atoms with E-state index in [1.807, 2.05) is 18.2 Å². The zero-order chi connectivity index (χ0) is 10.3. The Kier molecular flexibility index (Phi) is 6.23. The van der Waals surface area contributed by atoms with Crippen LogP contribution in [0.3, 0.4) is 0 Å². The topological polar surface area (TPSA) is 0 Å². The van der Waals surface area contributed by atoms with Crippen LogP contribution in [0.4, 0.5) is 0 Å². The monoisotopic (exact) mass is 259 g/mol. The van der Waals surface area contributed by atoms with Gasteiger partial charge >= 0.3 is 94.6 Å². The number of rotatable bonds is 7. The molecule has 0 saturated carbocycles. The fourth-order valence-corrected chi connectivity index (χ4v) is 2.10. The molecule has 0 rings (SSSR count). The first-order valence-corrected chi connectivity index (χ1v) is 5.43. The number of thiocarbonyl (C=S) groups is 1. The number of hydrogen-bond acceptors (Lipinski definition) is 1. The molecule has 13 heavy (non-hydrogen) atoms. The van der Waals surface area contributed by atoms with Gasteiger partial charge in [-0.3, -0.25) is 0 Å². The van der Waals surface area contributed by atoms with E-state index in [1.54, 1.807) is 0 Å². The first-order chi connectivity index (χ1) is 6.13. The summed E-state index contributed by atoms with van der Waals surface area (Å²) in [6.45, 7) is 11.3. The molecule has 0 aliphatic heterocycles. The summed E-state index contributed by atoms with van der Waals surface area (Å²) < 4.78 is 0.896. The molecule has 0 bridgehead atoms. The van der Waals surface area contributed by atoms with Crippen molar-refractivity contribution in [3.63, 3.8) is 0 Å². The molecule has 0 aromatic carbocycles. The van der Waals surface area contributed by atoms with E-state index >= 15 is 0 Å². The van der Waals surface area contributed by atoms with Gasteiger partial charge < -0.3 is 0 Å². The Balaban J connectivity index is 4.76. The molecular formula is C11H15SSe-. The maximum absolute atomic E-state index is 5.23. The molecule has 0 fully saturated rings. The molecule has 0 unspecified atom stereocenters. The van der Waals surface area contributed by atoms with E-state index in [-0.39, 0.29) is 5.41 Å². The summed E-state index contributed by atoms with van der Waals surface area (Å²) in [5.74, 6) is 0. The van der Waals surface area contributed by atoms with Crippen LogP contribution in [-0.2, 0) is 0 Å². The van der Waals surface area contributed by atoms with E-state index in [1.165, 1.54) is 0 Å². The van der Waals surface area contributed by atoms with Gasteiger partial charge in [-0.2, -0.15) is 0 Å². The third kappa shape index (κ3) is 3.60. The van der Waals surface area contributed by atoms with Crippen molar-refractivity contribution in [3.8, 4) is 0 Å². The molecule has 0 saturated heterocycles. The van der Waals surface area contributed by atoms with Crippen molar-refractivity contribution in [2.24, 2.45) is 5.41 Å². The van der Waals surface area contributed by atoms with Gasteiger partial charge in [0.15, 0.2) is 0 Å². The molecule has 0 amide bonds. The molecule has 0 aliphatic rings. The Labute approximate surface area is 94.6 Å². The molecular weight excluding hydrogens is 243 g/mol. The molecule has 0 aliphatic carbocycles. The van der Waals surface area contributed by atoms with Gasteiger partial charge in [0, 0.05) is 0 Å². The normalized spacial score (nSPS) is 10.5. The first kappa shape index (κ1) is 12.8. The Morgan fingerprint density at radius 3 is 1.54 bits per heavy atom. The fraction of sp³-hybridized carbons (Fsp3) is 0.364. The van der Waals surface area contributed by atoms with Crippen LogP contribution in [0.1, 0.15) is 19.3 Å². The molecule has 72 valence electrons. The van der Waals surface area contributed by atoms with E-state index in [0.717, 1.165) is 23.0 Å². The van der Waals surface area contributed by atoms with E-state index < -0.39 is 0 Å². The van der Waals surface area contributed by atoms with E-state index in [2.05, 4.69) is 35.7 Å². The summed E-state index contributed by atoms with van der Waals surface area (Å²) in [5, 5.41) is 0. The Morgan fingerprint density at radius 1 is 1.08 bits per heavy atom.